The first-order valence-corrected chi connectivity index (χ1v) is 5.16. The first kappa shape index (κ1) is 11.5. The fourth-order valence-electron chi connectivity index (χ4n) is 1.49. The molecular formula is C11H9ClN2O3. The number of carboxylic acid groups (broad SMARTS) is 1. The molecule has 0 fully saturated rings. The smallest absolute Gasteiger partial charge is 0.425 e. The van der Waals surface area contributed by atoms with Crippen LogP contribution in [0.4, 0.5) is 4.79 Å². The molecule has 5 nitrogen and oxygen atoms in total. The van der Waals surface area contributed by atoms with E-state index in [0.29, 0.717) is 16.5 Å². The van der Waals surface area contributed by atoms with Gasteiger partial charge < -0.3 is 9.52 Å². The minimum atomic E-state index is -1.22. The molecule has 1 aromatic carbocycles. The monoisotopic (exact) mass is 252 g/mol. The number of hydrazone groups is 1. The number of hydrogen-bond donors (Lipinski definition) is 2. The maximum Gasteiger partial charge on any atom is 0.425 e. The van der Waals surface area contributed by atoms with Crippen LogP contribution >= 0.6 is 11.6 Å². The second-order valence-electron chi connectivity index (χ2n) is 3.41. The highest BCUT2D eigenvalue weighted by Gasteiger charge is 2.09. The quantitative estimate of drug-likeness (QED) is 0.637. The van der Waals surface area contributed by atoms with Crippen LogP contribution < -0.4 is 5.43 Å². The molecule has 1 heterocycles. The number of fused-ring (bicyclic) bond motifs is 1. The van der Waals surface area contributed by atoms with Crippen molar-refractivity contribution >= 4 is 34.2 Å². The average Bonchev–Trinajstić information content (AvgIpc) is 2.68. The largest absolute Gasteiger partial charge is 0.464 e. The minimum Gasteiger partial charge on any atom is -0.464 e. The van der Waals surface area contributed by atoms with Gasteiger partial charge in [-0.1, -0.05) is 11.6 Å². The van der Waals surface area contributed by atoms with E-state index in [-0.39, 0.29) is 0 Å². The molecule has 2 rings (SSSR count). The number of amides is 1. The van der Waals surface area contributed by atoms with E-state index >= 15 is 0 Å². The maximum atomic E-state index is 10.3. The van der Waals surface area contributed by atoms with E-state index < -0.39 is 6.09 Å². The molecule has 88 valence electrons. The second kappa shape index (κ2) is 4.47. The number of nitrogens with zero attached hydrogens (tertiary/aromatic N) is 1. The molecule has 1 aromatic heterocycles. The van der Waals surface area contributed by atoms with Crippen LogP contribution in [0.15, 0.2) is 34.0 Å². The zero-order valence-electron chi connectivity index (χ0n) is 8.90. The molecule has 0 saturated carbocycles. The van der Waals surface area contributed by atoms with Gasteiger partial charge in [-0.25, -0.2) is 10.2 Å². The lowest BCUT2D eigenvalue weighted by molar-refractivity contribution is 0.195. The standard InChI is InChI=1S/C11H9ClN2O3/c1-6(13-14-11(15)16)10-9-3-2-8(12)4-7(9)5-17-10/h2-5,14H,1H3,(H,15,16). The number of hydrogen-bond acceptors (Lipinski definition) is 3. The Morgan fingerprint density at radius 1 is 1.53 bits per heavy atom. The molecule has 0 aliphatic carbocycles. The summed E-state index contributed by atoms with van der Waals surface area (Å²) in [5.74, 6) is 0.519. The first-order valence-electron chi connectivity index (χ1n) is 4.78. The summed E-state index contributed by atoms with van der Waals surface area (Å²) >= 11 is 5.85. The Morgan fingerprint density at radius 3 is 3.00 bits per heavy atom. The van der Waals surface area contributed by atoms with Gasteiger partial charge in [-0.05, 0) is 25.1 Å². The highest BCUT2D eigenvalue weighted by atomic mass is 35.5. The molecule has 0 radical (unpaired) electrons. The van der Waals surface area contributed by atoms with Gasteiger partial charge in [-0.3, -0.25) is 0 Å². The summed E-state index contributed by atoms with van der Waals surface area (Å²) in [7, 11) is 0. The Balaban J connectivity index is 2.42. The van der Waals surface area contributed by atoms with E-state index in [1.54, 1.807) is 31.4 Å². The lowest BCUT2D eigenvalue weighted by Crippen LogP contribution is -2.15. The molecule has 6 heteroatoms. The van der Waals surface area contributed by atoms with Crippen molar-refractivity contribution < 1.29 is 14.3 Å². The first-order chi connectivity index (χ1) is 8.08. The molecule has 1 amide bonds. The number of halogens is 1. The van der Waals surface area contributed by atoms with Crippen molar-refractivity contribution in [3.63, 3.8) is 0 Å². The van der Waals surface area contributed by atoms with Crippen LogP contribution in [-0.4, -0.2) is 16.9 Å². The van der Waals surface area contributed by atoms with E-state index in [1.807, 2.05) is 5.43 Å². The number of benzene rings is 1. The summed E-state index contributed by atoms with van der Waals surface area (Å²) < 4.78 is 5.34. The molecule has 2 N–H and O–H groups in total. The van der Waals surface area contributed by atoms with Crippen LogP contribution in [0.2, 0.25) is 5.02 Å². The fourth-order valence-corrected chi connectivity index (χ4v) is 1.67. The predicted octanol–water partition coefficient (Wildman–Crippen LogP) is 3.08. The van der Waals surface area contributed by atoms with Gasteiger partial charge in [0.1, 0.15) is 5.71 Å². The fraction of sp³-hybridized carbons (Fsp3) is 0.0909. The van der Waals surface area contributed by atoms with Crippen LogP contribution in [0.1, 0.15) is 12.7 Å². The molecule has 17 heavy (non-hydrogen) atoms. The van der Waals surface area contributed by atoms with Gasteiger partial charge in [-0.2, -0.15) is 5.10 Å². The summed E-state index contributed by atoms with van der Waals surface area (Å²) in [4.78, 5) is 10.3. The van der Waals surface area contributed by atoms with Gasteiger partial charge in [0.2, 0.25) is 0 Å². The third kappa shape index (κ3) is 2.39. The minimum absolute atomic E-state index is 0.449. The molecule has 0 aliphatic heterocycles. The van der Waals surface area contributed by atoms with E-state index in [1.165, 1.54) is 0 Å². The molecule has 0 aliphatic rings. The van der Waals surface area contributed by atoms with Crippen LogP contribution in [0.3, 0.4) is 0 Å². The summed E-state index contributed by atoms with van der Waals surface area (Å²) in [6, 6.07) is 5.30. The van der Waals surface area contributed by atoms with E-state index in [2.05, 4.69) is 5.10 Å². The van der Waals surface area contributed by atoms with Gasteiger partial charge in [0.25, 0.3) is 0 Å². The zero-order valence-corrected chi connectivity index (χ0v) is 9.65. The Hall–Kier alpha value is -2.01. The molecular weight excluding hydrogens is 244 g/mol. The normalized spacial score (nSPS) is 11.8. The number of nitrogens with one attached hydrogen (secondary N) is 1. The van der Waals surface area contributed by atoms with Crippen molar-refractivity contribution in [2.75, 3.05) is 0 Å². The summed E-state index contributed by atoms with van der Waals surface area (Å²) in [6.45, 7) is 1.66. The predicted molar refractivity (Wildman–Crippen MR) is 64.6 cm³/mol. The van der Waals surface area contributed by atoms with E-state index in [4.69, 9.17) is 21.1 Å². The highest BCUT2D eigenvalue weighted by molar-refractivity contribution is 6.31. The van der Waals surface area contributed by atoms with Crippen LogP contribution in [0.25, 0.3) is 10.8 Å². The SMILES string of the molecule is CC(=NNC(=O)O)c1occ2cc(Cl)ccc12. The second-order valence-corrected chi connectivity index (χ2v) is 3.85. The van der Waals surface area contributed by atoms with Crippen molar-refractivity contribution in [1.29, 1.82) is 0 Å². The number of furan rings is 1. The molecule has 0 unspecified atom stereocenters. The van der Waals surface area contributed by atoms with Crippen molar-refractivity contribution in [3.05, 3.63) is 35.2 Å². The van der Waals surface area contributed by atoms with E-state index in [9.17, 15) is 4.79 Å². The molecule has 0 bridgehead atoms. The van der Waals surface area contributed by atoms with Crippen LogP contribution in [-0.2, 0) is 0 Å². The highest BCUT2D eigenvalue weighted by Crippen LogP contribution is 2.24. The molecule has 2 aromatic rings. The lowest BCUT2D eigenvalue weighted by atomic mass is 10.1. The third-order valence-electron chi connectivity index (χ3n) is 2.21. The van der Waals surface area contributed by atoms with Gasteiger partial charge in [0.05, 0.1) is 6.26 Å². The Morgan fingerprint density at radius 2 is 2.29 bits per heavy atom. The maximum absolute atomic E-state index is 10.3. The zero-order chi connectivity index (χ0) is 12.4. The summed E-state index contributed by atoms with van der Waals surface area (Å²) in [5, 5.41) is 14.4. The van der Waals surface area contributed by atoms with E-state index in [0.717, 1.165) is 10.8 Å². The van der Waals surface area contributed by atoms with Gasteiger partial charge >= 0.3 is 6.09 Å². The summed E-state index contributed by atoms with van der Waals surface area (Å²) in [5.41, 5.74) is 2.38. The Labute approximate surface area is 102 Å². The molecule has 0 saturated heterocycles. The average molecular weight is 253 g/mol. The third-order valence-corrected chi connectivity index (χ3v) is 2.44. The van der Waals surface area contributed by atoms with Gasteiger partial charge in [0.15, 0.2) is 5.76 Å². The summed E-state index contributed by atoms with van der Waals surface area (Å²) in [6.07, 6.45) is 0.333. The van der Waals surface area contributed by atoms with Crippen molar-refractivity contribution in [1.82, 2.24) is 5.43 Å². The van der Waals surface area contributed by atoms with Gasteiger partial charge in [0, 0.05) is 15.8 Å². The van der Waals surface area contributed by atoms with Gasteiger partial charge in [-0.15, -0.1) is 0 Å². The number of carbonyl (C=O) groups is 1. The lowest BCUT2D eigenvalue weighted by Gasteiger charge is -1.97. The Bertz CT molecular complexity index is 604. The Kier molecular flexibility index (Phi) is 3.01. The van der Waals surface area contributed by atoms with Crippen LogP contribution in [0, 0.1) is 0 Å². The molecule has 0 atom stereocenters. The molecule has 0 spiro atoms. The number of rotatable bonds is 2. The van der Waals surface area contributed by atoms with Crippen molar-refractivity contribution in [3.8, 4) is 0 Å². The topological polar surface area (TPSA) is 74.8 Å². The van der Waals surface area contributed by atoms with Crippen molar-refractivity contribution in [2.45, 2.75) is 6.92 Å². The van der Waals surface area contributed by atoms with Crippen LogP contribution in [0.5, 0.6) is 0 Å². The van der Waals surface area contributed by atoms with Crippen molar-refractivity contribution in [2.24, 2.45) is 5.10 Å².